The topological polar surface area (TPSA) is 35.5 Å². The molecule has 3 nitrogen and oxygen atoms in total. The van der Waals surface area contributed by atoms with Gasteiger partial charge in [0.15, 0.2) is 0 Å². The molecule has 1 atom stereocenters. The van der Waals surface area contributed by atoms with Gasteiger partial charge in [0.25, 0.3) is 0 Å². The summed E-state index contributed by atoms with van der Waals surface area (Å²) in [6.45, 7) is 5.26. The Labute approximate surface area is 149 Å². The SMILES string of the molecule is CCCC[C@@H](CC)COC(=O)CCCOc1ccc(Cl)cc1Cl. The number of hydrogen-bond acceptors (Lipinski definition) is 3. The van der Waals surface area contributed by atoms with E-state index in [0.717, 1.165) is 12.8 Å². The third-order valence-corrected chi connectivity index (χ3v) is 4.23. The number of hydrogen-bond donors (Lipinski definition) is 0. The molecule has 1 rings (SSSR count). The first kappa shape index (κ1) is 20.1. The van der Waals surface area contributed by atoms with E-state index in [1.165, 1.54) is 12.8 Å². The van der Waals surface area contributed by atoms with Gasteiger partial charge in [-0.25, -0.2) is 0 Å². The molecule has 1 aromatic carbocycles. The van der Waals surface area contributed by atoms with Crippen LogP contribution in [0.15, 0.2) is 18.2 Å². The molecular weight excluding hydrogens is 335 g/mol. The molecule has 0 bridgehead atoms. The summed E-state index contributed by atoms with van der Waals surface area (Å²) >= 11 is 11.8. The quantitative estimate of drug-likeness (QED) is 0.363. The van der Waals surface area contributed by atoms with Crippen molar-refractivity contribution in [3.8, 4) is 5.75 Å². The van der Waals surface area contributed by atoms with Crippen molar-refractivity contribution in [2.75, 3.05) is 13.2 Å². The van der Waals surface area contributed by atoms with Crippen LogP contribution < -0.4 is 4.74 Å². The van der Waals surface area contributed by atoms with Crippen LogP contribution in [0.25, 0.3) is 0 Å². The summed E-state index contributed by atoms with van der Waals surface area (Å²) in [4.78, 5) is 11.7. The van der Waals surface area contributed by atoms with Crippen LogP contribution >= 0.6 is 23.2 Å². The van der Waals surface area contributed by atoms with E-state index < -0.39 is 0 Å². The smallest absolute Gasteiger partial charge is 0.305 e. The van der Waals surface area contributed by atoms with Crippen LogP contribution in [0.2, 0.25) is 10.0 Å². The van der Waals surface area contributed by atoms with Gasteiger partial charge < -0.3 is 9.47 Å². The van der Waals surface area contributed by atoms with Crippen molar-refractivity contribution in [1.82, 2.24) is 0 Å². The molecule has 0 aliphatic rings. The predicted octanol–water partition coefficient (Wildman–Crippen LogP) is 5.91. The molecule has 0 radical (unpaired) electrons. The Hall–Kier alpha value is -0.930. The molecule has 130 valence electrons. The lowest BCUT2D eigenvalue weighted by Crippen LogP contribution is -2.14. The second-order valence-corrected chi connectivity index (χ2v) is 6.47. The zero-order valence-electron chi connectivity index (χ0n) is 13.9. The van der Waals surface area contributed by atoms with Gasteiger partial charge in [0.2, 0.25) is 0 Å². The maximum absolute atomic E-state index is 11.7. The van der Waals surface area contributed by atoms with Crippen LogP contribution in [-0.2, 0) is 9.53 Å². The normalized spacial score (nSPS) is 12.0. The number of benzene rings is 1. The minimum Gasteiger partial charge on any atom is -0.492 e. The molecule has 0 unspecified atom stereocenters. The van der Waals surface area contributed by atoms with Crippen molar-refractivity contribution in [2.45, 2.75) is 52.4 Å². The van der Waals surface area contributed by atoms with Gasteiger partial charge in [-0.3, -0.25) is 4.79 Å². The highest BCUT2D eigenvalue weighted by molar-refractivity contribution is 6.35. The Morgan fingerprint density at radius 3 is 2.65 bits per heavy atom. The first-order valence-corrected chi connectivity index (χ1v) is 9.05. The van der Waals surface area contributed by atoms with Gasteiger partial charge in [0, 0.05) is 11.4 Å². The van der Waals surface area contributed by atoms with Crippen molar-refractivity contribution in [2.24, 2.45) is 5.92 Å². The largest absolute Gasteiger partial charge is 0.492 e. The highest BCUT2D eigenvalue weighted by Gasteiger charge is 2.10. The van der Waals surface area contributed by atoms with Crippen LogP contribution in [0.4, 0.5) is 0 Å². The molecule has 0 spiro atoms. The second-order valence-electron chi connectivity index (χ2n) is 5.63. The number of esters is 1. The Morgan fingerprint density at radius 1 is 1.22 bits per heavy atom. The van der Waals surface area contributed by atoms with Crippen molar-refractivity contribution in [3.05, 3.63) is 28.2 Å². The van der Waals surface area contributed by atoms with Gasteiger partial charge in [-0.05, 0) is 37.0 Å². The minimum absolute atomic E-state index is 0.161. The first-order valence-electron chi connectivity index (χ1n) is 8.30. The lowest BCUT2D eigenvalue weighted by molar-refractivity contribution is -0.145. The third kappa shape index (κ3) is 8.47. The Balaban J connectivity index is 2.18. The number of carbonyl (C=O) groups is 1. The van der Waals surface area contributed by atoms with Gasteiger partial charge in [0.05, 0.1) is 18.2 Å². The molecule has 0 saturated carbocycles. The van der Waals surface area contributed by atoms with Gasteiger partial charge in [-0.1, -0.05) is 56.3 Å². The second kappa shape index (κ2) is 11.6. The summed E-state index contributed by atoms with van der Waals surface area (Å²) in [5.74, 6) is 0.892. The third-order valence-electron chi connectivity index (χ3n) is 3.70. The summed E-state index contributed by atoms with van der Waals surface area (Å²) in [6.07, 6.45) is 5.49. The molecule has 1 aromatic rings. The molecule has 0 heterocycles. The van der Waals surface area contributed by atoms with E-state index in [2.05, 4.69) is 13.8 Å². The molecule has 0 saturated heterocycles. The predicted molar refractivity (Wildman–Crippen MR) is 95.5 cm³/mol. The van der Waals surface area contributed by atoms with Crippen LogP contribution in [0.3, 0.4) is 0 Å². The van der Waals surface area contributed by atoms with Crippen molar-refractivity contribution >= 4 is 29.2 Å². The molecular formula is C18H26Cl2O3. The van der Waals surface area contributed by atoms with Crippen LogP contribution in [0.5, 0.6) is 5.75 Å². The molecule has 0 aliphatic carbocycles. The maximum Gasteiger partial charge on any atom is 0.305 e. The Bertz CT molecular complexity index is 477. The van der Waals surface area contributed by atoms with E-state index in [-0.39, 0.29) is 5.97 Å². The summed E-state index contributed by atoms with van der Waals surface area (Å²) in [7, 11) is 0. The summed E-state index contributed by atoms with van der Waals surface area (Å²) < 4.78 is 10.9. The average Bonchev–Trinajstić information content (AvgIpc) is 2.53. The fourth-order valence-electron chi connectivity index (χ4n) is 2.17. The van der Waals surface area contributed by atoms with Crippen molar-refractivity contribution in [3.63, 3.8) is 0 Å². The standard InChI is InChI=1S/C18H26Cl2O3/c1-3-5-7-14(4-2)13-23-18(21)8-6-11-22-17-10-9-15(19)12-16(17)20/h9-10,12,14H,3-8,11,13H2,1-2H3/t14-/m1/s1. The maximum atomic E-state index is 11.7. The minimum atomic E-state index is -0.161. The van der Waals surface area contributed by atoms with Gasteiger partial charge >= 0.3 is 5.97 Å². The summed E-state index contributed by atoms with van der Waals surface area (Å²) in [6, 6.07) is 5.08. The molecule has 5 heteroatoms. The molecule has 0 amide bonds. The number of rotatable bonds is 11. The number of halogens is 2. The van der Waals surface area contributed by atoms with Crippen LogP contribution in [-0.4, -0.2) is 19.2 Å². The fraction of sp³-hybridized carbons (Fsp3) is 0.611. The van der Waals surface area contributed by atoms with Gasteiger partial charge in [0.1, 0.15) is 5.75 Å². The average molecular weight is 361 g/mol. The molecule has 0 fully saturated rings. The molecule has 0 aliphatic heterocycles. The molecule has 23 heavy (non-hydrogen) atoms. The van der Waals surface area contributed by atoms with E-state index >= 15 is 0 Å². The lowest BCUT2D eigenvalue weighted by Gasteiger charge is -2.14. The lowest BCUT2D eigenvalue weighted by atomic mass is 10.0. The molecule has 0 N–H and O–H groups in total. The monoisotopic (exact) mass is 360 g/mol. The zero-order chi connectivity index (χ0) is 17.1. The summed E-state index contributed by atoms with van der Waals surface area (Å²) in [5.41, 5.74) is 0. The van der Waals surface area contributed by atoms with E-state index in [9.17, 15) is 4.79 Å². The summed E-state index contributed by atoms with van der Waals surface area (Å²) in [5, 5.41) is 1.04. The van der Waals surface area contributed by atoms with Crippen LogP contribution in [0, 0.1) is 5.92 Å². The van der Waals surface area contributed by atoms with E-state index in [0.29, 0.717) is 47.8 Å². The van der Waals surface area contributed by atoms with E-state index in [1.54, 1.807) is 18.2 Å². The zero-order valence-corrected chi connectivity index (χ0v) is 15.5. The highest BCUT2D eigenvalue weighted by Crippen LogP contribution is 2.27. The van der Waals surface area contributed by atoms with E-state index in [1.807, 2.05) is 0 Å². The van der Waals surface area contributed by atoms with Crippen molar-refractivity contribution < 1.29 is 14.3 Å². The Kier molecular flexibility index (Phi) is 10.1. The fourth-order valence-corrected chi connectivity index (χ4v) is 2.64. The number of ether oxygens (including phenoxy) is 2. The Morgan fingerprint density at radius 2 is 2.00 bits per heavy atom. The van der Waals surface area contributed by atoms with Crippen molar-refractivity contribution in [1.29, 1.82) is 0 Å². The van der Waals surface area contributed by atoms with E-state index in [4.69, 9.17) is 32.7 Å². The first-order chi connectivity index (χ1) is 11.1. The number of unbranched alkanes of at least 4 members (excludes halogenated alkanes) is 1. The number of carbonyl (C=O) groups excluding carboxylic acids is 1. The van der Waals surface area contributed by atoms with Crippen LogP contribution in [0.1, 0.15) is 52.4 Å². The molecule has 0 aromatic heterocycles. The van der Waals surface area contributed by atoms with Gasteiger partial charge in [-0.2, -0.15) is 0 Å². The highest BCUT2D eigenvalue weighted by atomic mass is 35.5. The van der Waals surface area contributed by atoms with Gasteiger partial charge in [-0.15, -0.1) is 0 Å².